The summed E-state index contributed by atoms with van der Waals surface area (Å²) < 4.78 is 2.65. The highest BCUT2D eigenvalue weighted by atomic mass is 32.1. The number of hydrogen-bond donors (Lipinski definition) is 0. The lowest BCUT2D eigenvalue weighted by atomic mass is 9.99. The predicted octanol–water partition coefficient (Wildman–Crippen LogP) is 14.8. The molecule has 0 bridgehead atoms. The summed E-state index contributed by atoms with van der Waals surface area (Å²) in [7, 11) is 0. The van der Waals surface area contributed by atoms with Crippen molar-refractivity contribution in [2.75, 3.05) is 4.90 Å². The van der Waals surface area contributed by atoms with Gasteiger partial charge in [0.15, 0.2) is 0 Å². The van der Waals surface area contributed by atoms with Crippen molar-refractivity contribution in [1.29, 1.82) is 0 Å². The van der Waals surface area contributed by atoms with E-state index in [2.05, 4.69) is 205 Å². The molecule has 1 nitrogen and oxygen atoms in total. The molecule has 0 aliphatic rings. The van der Waals surface area contributed by atoms with Crippen molar-refractivity contribution in [1.82, 2.24) is 0 Å². The van der Waals surface area contributed by atoms with E-state index in [0.29, 0.717) is 0 Å². The average Bonchev–Trinajstić information content (AvgIpc) is 3.60. The molecule has 0 unspecified atom stereocenters. The Bertz CT molecular complexity index is 2780. The van der Waals surface area contributed by atoms with Gasteiger partial charge < -0.3 is 4.90 Å². The molecule has 2 heteroatoms. The van der Waals surface area contributed by atoms with Crippen LogP contribution in [-0.2, 0) is 0 Å². The Morgan fingerprint density at radius 1 is 0.308 bits per heavy atom. The molecule has 1 aromatic heterocycles. The van der Waals surface area contributed by atoms with Crippen LogP contribution in [0.4, 0.5) is 17.1 Å². The summed E-state index contributed by atoms with van der Waals surface area (Å²) in [6.45, 7) is 0. The van der Waals surface area contributed by atoms with Crippen LogP contribution >= 0.6 is 11.3 Å². The van der Waals surface area contributed by atoms with Crippen LogP contribution in [0.2, 0.25) is 0 Å². The highest BCUT2D eigenvalue weighted by Gasteiger charge is 2.16. The van der Waals surface area contributed by atoms with E-state index in [-0.39, 0.29) is 0 Å². The maximum absolute atomic E-state index is 2.38. The van der Waals surface area contributed by atoms with Gasteiger partial charge in [0.2, 0.25) is 0 Å². The van der Waals surface area contributed by atoms with Crippen molar-refractivity contribution in [2.24, 2.45) is 0 Å². The van der Waals surface area contributed by atoms with E-state index in [9.17, 15) is 0 Å². The van der Waals surface area contributed by atoms with Gasteiger partial charge in [-0.2, -0.15) is 0 Å². The summed E-state index contributed by atoms with van der Waals surface area (Å²) in [4.78, 5) is 2.38. The van der Waals surface area contributed by atoms with Gasteiger partial charge in [-0.05, 0) is 110 Å². The number of benzene rings is 9. The Balaban J connectivity index is 1.07. The first-order valence-electron chi connectivity index (χ1n) is 17.7. The Kier molecular flexibility index (Phi) is 7.41. The van der Waals surface area contributed by atoms with Crippen LogP contribution < -0.4 is 4.90 Å². The zero-order valence-electron chi connectivity index (χ0n) is 28.4. The van der Waals surface area contributed by atoms with Gasteiger partial charge in [0.05, 0.1) is 0 Å². The minimum absolute atomic E-state index is 1.11. The largest absolute Gasteiger partial charge is 0.310 e. The van der Waals surface area contributed by atoms with E-state index in [1.165, 1.54) is 75.1 Å². The summed E-state index contributed by atoms with van der Waals surface area (Å²) in [5, 5.41) is 7.65. The number of thiophene rings is 1. The normalized spacial score (nSPS) is 11.5. The van der Waals surface area contributed by atoms with Crippen LogP contribution in [0.3, 0.4) is 0 Å². The number of nitrogens with zero attached hydrogens (tertiary/aromatic N) is 1. The minimum atomic E-state index is 1.11. The first-order valence-corrected chi connectivity index (χ1v) is 18.6. The summed E-state index contributed by atoms with van der Waals surface area (Å²) in [5.74, 6) is 0. The summed E-state index contributed by atoms with van der Waals surface area (Å²) in [6.07, 6.45) is 0. The topological polar surface area (TPSA) is 3.24 Å². The molecule has 0 N–H and O–H groups in total. The SMILES string of the molecule is c1cc(-c2cccc3c2sc2ccccc23)cc(N(c2ccc(-c3ccc4ccccc4c3)cc2)c2ccc(-c3ccc4ccccc4c3)cc2)c1. The molecule has 10 aromatic rings. The fourth-order valence-electron chi connectivity index (χ4n) is 7.58. The molecule has 0 atom stereocenters. The number of fused-ring (bicyclic) bond motifs is 5. The fraction of sp³-hybridized carbons (Fsp3) is 0. The molecule has 0 amide bonds. The summed E-state index contributed by atoms with van der Waals surface area (Å²) in [6, 6.07) is 73.0. The third-order valence-electron chi connectivity index (χ3n) is 10.2. The van der Waals surface area contributed by atoms with E-state index in [0.717, 1.165) is 17.1 Å². The van der Waals surface area contributed by atoms with E-state index in [4.69, 9.17) is 0 Å². The van der Waals surface area contributed by atoms with Gasteiger partial charge in [-0.15, -0.1) is 11.3 Å². The zero-order valence-corrected chi connectivity index (χ0v) is 29.2. The van der Waals surface area contributed by atoms with Gasteiger partial charge in [0, 0.05) is 37.2 Å². The molecule has 0 saturated carbocycles. The minimum Gasteiger partial charge on any atom is -0.310 e. The van der Waals surface area contributed by atoms with Gasteiger partial charge in [-0.1, -0.05) is 146 Å². The van der Waals surface area contributed by atoms with Crippen LogP contribution in [-0.4, -0.2) is 0 Å². The van der Waals surface area contributed by atoms with Crippen LogP contribution in [0, 0.1) is 0 Å². The van der Waals surface area contributed by atoms with Crippen molar-refractivity contribution in [3.05, 3.63) is 200 Å². The Labute approximate surface area is 307 Å². The maximum Gasteiger partial charge on any atom is 0.0467 e. The number of rotatable bonds is 6. The van der Waals surface area contributed by atoms with Gasteiger partial charge >= 0.3 is 0 Å². The lowest BCUT2D eigenvalue weighted by Gasteiger charge is -2.26. The van der Waals surface area contributed by atoms with Gasteiger partial charge in [-0.3, -0.25) is 0 Å². The monoisotopic (exact) mass is 679 g/mol. The van der Waals surface area contributed by atoms with Gasteiger partial charge in [0.25, 0.3) is 0 Å². The fourth-order valence-corrected chi connectivity index (χ4v) is 8.82. The highest BCUT2D eigenvalue weighted by molar-refractivity contribution is 7.26. The average molecular weight is 680 g/mol. The second kappa shape index (κ2) is 12.7. The van der Waals surface area contributed by atoms with E-state index >= 15 is 0 Å². The van der Waals surface area contributed by atoms with E-state index < -0.39 is 0 Å². The second-order valence-corrected chi connectivity index (χ2v) is 14.4. The van der Waals surface area contributed by atoms with Crippen LogP contribution in [0.25, 0.3) is 75.1 Å². The molecule has 1 heterocycles. The molecule has 10 rings (SSSR count). The van der Waals surface area contributed by atoms with Gasteiger partial charge in [-0.25, -0.2) is 0 Å². The number of anilines is 3. The molecular weight excluding hydrogens is 647 g/mol. The standard InChI is InChI=1S/C50H33NS/c1-3-11-38-31-40(21-19-34(38)9-1)36-23-27-43(28-24-36)51(44-29-25-37(26-30-44)41-22-20-35-10-2-4-12-39(35)32-41)45-14-7-13-42(33-45)46-16-8-17-48-47-15-5-6-18-49(47)52-50(46)48/h1-33H. The van der Waals surface area contributed by atoms with E-state index in [1.807, 2.05) is 11.3 Å². The van der Waals surface area contributed by atoms with E-state index in [1.54, 1.807) is 0 Å². The lowest BCUT2D eigenvalue weighted by molar-refractivity contribution is 1.28. The molecule has 52 heavy (non-hydrogen) atoms. The Morgan fingerprint density at radius 3 is 1.46 bits per heavy atom. The van der Waals surface area contributed by atoms with Crippen LogP contribution in [0.5, 0.6) is 0 Å². The highest BCUT2D eigenvalue weighted by Crippen LogP contribution is 2.43. The first-order chi connectivity index (χ1) is 25.7. The smallest absolute Gasteiger partial charge is 0.0467 e. The lowest BCUT2D eigenvalue weighted by Crippen LogP contribution is -2.10. The predicted molar refractivity (Wildman–Crippen MR) is 225 cm³/mol. The second-order valence-electron chi connectivity index (χ2n) is 13.4. The molecule has 0 radical (unpaired) electrons. The zero-order chi connectivity index (χ0) is 34.4. The van der Waals surface area contributed by atoms with Crippen molar-refractivity contribution >= 4 is 70.1 Å². The summed E-state index contributed by atoms with van der Waals surface area (Å²) >= 11 is 1.88. The summed E-state index contributed by atoms with van der Waals surface area (Å²) in [5.41, 5.74) is 10.6. The van der Waals surface area contributed by atoms with Crippen LogP contribution in [0.1, 0.15) is 0 Å². The van der Waals surface area contributed by atoms with Crippen molar-refractivity contribution in [2.45, 2.75) is 0 Å². The quantitative estimate of drug-likeness (QED) is 0.169. The molecule has 244 valence electrons. The molecular formula is C50H33NS. The maximum atomic E-state index is 2.38. The Hall–Kier alpha value is -6.48. The third-order valence-corrected chi connectivity index (χ3v) is 11.5. The van der Waals surface area contributed by atoms with Crippen LogP contribution in [0.15, 0.2) is 200 Å². The van der Waals surface area contributed by atoms with Gasteiger partial charge in [0.1, 0.15) is 0 Å². The molecule has 0 aliphatic heterocycles. The molecule has 9 aromatic carbocycles. The number of hydrogen-bond acceptors (Lipinski definition) is 2. The first kappa shape index (κ1) is 30.4. The molecule has 0 aliphatic carbocycles. The molecule has 0 spiro atoms. The third kappa shape index (κ3) is 5.42. The Morgan fingerprint density at radius 2 is 0.827 bits per heavy atom. The molecule has 0 saturated heterocycles. The molecule has 0 fully saturated rings. The van der Waals surface area contributed by atoms with Crippen molar-refractivity contribution in [3.63, 3.8) is 0 Å². The van der Waals surface area contributed by atoms with Crippen molar-refractivity contribution in [3.8, 4) is 33.4 Å². The van der Waals surface area contributed by atoms with Crippen molar-refractivity contribution < 1.29 is 0 Å².